The molecule has 8 heteroatoms. The van der Waals surface area contributed by atoms with Gasteiger partial charge in [0.1, 0.15) is 19.7 Å². The molecule has 0 atom stereocenters. The number of esters is 1. The van der Waals surface area contributed by atoms with Gasteiger partial charge in [-0.1, -0.05) is 64.7 Å². The average Bonchev–Trinajstić information content (AvgIpc) is 2.71. The molecule has 0 heterocycles. The maximum Gasteiger partial charge on any atom is 0.410 e. The summed E-state index contributed by atoms with van der Waals surface area (Å²) in [5.41, 5.74) is 0. The number of hydrogen-bond acceptors (Lipinski definition) is 6. The van der Waals surface area contributed by atoms with Crippen molar-refractivity contribution in [2.45, 2.75) is 71.1 Å². The third-order valence-corrected chi connectivity index (χ3v) is 4.75. The Bertz CT molecular complexity index is 473. The Labute approximate surface area is 182 Å². The summed E-state index contributed by atoms with van der Waals surface area (Å²) in [6, 6.07) is 0. The highest BCUT2D eigenvalue weighted by Gasteiger charge is 2.19. The zero-order chi connectivity index (χ0) is 22.6. The van der Waals surface area contributed by atoms with E-state index < -0.39 is 12.1 Å². The van der Waals surface area contributed by atoms with Gasteiger partial charge in [-0.05, 0) is 6.42 Å². The molecule has 0 aliphatic heterocycles. The van der Waals surface area contributed by atoms with E-state index in [1.807, 2.05) is 0 Å². The van der Waals surface area contributed by atoms with Crippen LogP contribution in [0.1, 0.15) is 71.1 Å². The fourth-order valence-electron chi connectivity index (χ4n) is 2.81. The van der Waals surface area contributed by atoms with Gasteiger partial charge in [0.2, 0.25) is 5.91 Å². The van der Waals surface area contributed by atoms with Crippen LogP contribution in [0, 0.1) is 0 Å². The van der Waals surface area contributed by atoms with Gasteiger partial charge in [0.05, 0.1) is 13.2 Å². The monoisotopic (exact) mass is 430 g/mol. The molecule has 0 aliphatic carbocycles. The van der Waals surface area contributed by atoms with E-state index in [-0.39, 0.29) is 32.2 Å². The van der Waals surface area contributed by atoms with E-state index in [4.69, 9.17) is 14.2 Å². The van der Waals surface area contributed by atoms with E-state index in [1.54, 1.807) is 0 Å². The smallest absolute Gasteiger partial charge is 0.410 e. The van der Waals surface area contributed by atoms with Crippen molar-refractivity contribution < 1.29 is 28.6 Å². The second-order valence-electron chi connectivity index (χ2n) is 7.62. The summed E-state index contributed by atoms with van der Waals surface area (Å²) >= 11 is 0. The van der Waals surface area contributed by atoms with Crippen molar-refractivity contribution in [2.75, 3.05) is 54.1 Å². The van der Waals surface area contributed by atoms with Crippen molar-refractivity contribution in [3.63, 3.8) is 0 Å². The fraction of sp³-hybridized carbons (Fsp3) is 0.864. The van der Waals surface area contributed by atoms with Crippen LogP contribution in [0.15, 0.2) is 0 Å². The number of ether oxygens (including phenoxy) is 3. The van der Waals surface area contributed by atoms with E-state index in [1.165, 1.54) is 71.1 Å². The SMILES string of the molecule is CCCCCCCCCCCCOC(=O)CN(C)C(=O)CN(C)C(=O)OCCOC. The molecule has 0 spiro atoms. The van der Waals surface area contributed by atoms with Crippen molar-refractivity contribution in [1.29, 1.82) is 0 Å². The molecule has 0 unspecified atom stereocenters. The first-order chi connectivity index (χ1) is 14.4. The molecule has 0 radical (unpaired) electrons. The summed E-state index contributed by atoms with van der Waals surface area (Å²) in [5, 5.41) is 0. The zero-order valence-corrected chi connectivity index (χ0v) is 19.5. The van der Waals surface area contributed by atoms with E-state index in [0.717, 1.165) is 24.2 Å². The number of unbranched alkanes of at least 4 members (excludes halogenated alkanes) is 9. The molecule has 0 saturated carbocycles. The van der Waals surface area contributed by atoms with Crippen LogP contribution in [0.4, 0.5) is 4.79 Å². The van der Waals surface area contributed by atoms with Crippen molar-refractivity contribution >= 4 is 18.0 Å². The first-order valence-corrected chi connectivity index (χ1v) is 11.2. The van der Waals surface area contributed by atoms with Crippen LogP contribution in [-0.4, -0.2) is 81.9 Å². The molecule has 8 nitrogen and oxygen atoms in total. The molecule has 176 valence electrons. The van der Waals surface area contributed by atoms with Crippen LogP contribution in [0.5, 0.6) is 0 Å². The normalized spacial score (nSPS) is 10.5. The lowest BCUT2D eigenvalue weighted by atomic mass is 10.1. The summed E-state index contributed by atoms with van der Waals surface area (Å²) in [7, 11) is 4.48. The van der Waals surface area contributed by atoms with Crippen molar-refractivity contribution in [2.24, 2.45) is 0 Å². The molecule has 30 heavy (non-hydrogen) atoms. The highest BCUT2D eigenvalue weighted by atomic mass is 16.6. The third-order valence-electron chi connectivity index (χ3n) is 4.75. The first kappa shape index (κ1) is 28.2. The Morgan fingerprint density at radius 1 is 0.667 bits per heavy atom. The number of likely N-dealkylation sites (N-methyl/N-ethyl adjacent to an activating group) is 2. The predicted octanol–water partition coefficient (Wildman–Crippen LogP) is 3.62. The van der Waals surface area contributed by atoms with E-state index in [0.29, 0.717) is 6.61 Å². The molecule has 0 rings (SSSR count). The minimum atomic E-state index is -0.614. The lowest BCUT2D eigenvalue weighted by Crippen LogP contribution is -2.42. The molecular formula is C22H42N2O6. The fourth-order valence-corrected chi connectivity index (χ4v) is 2.81. The number of hydrogen-bond donors (Lipinski definition) is 0. The topological polar surface area (TPSA) is 85.4 Å². The maximum atomic E-state index is 12.1. The summed E-state index contributed by atoms with van der Waals surface area (Å²) in [4.78, 5) is 38.1. The van der Waals surface area contributed by atoms with Gasteiger partial charge in [-0.25, -0.2) is 4.79 Å². The second-order valence-corrected chi connectivity index (χ2v) is 7.62. The average molecular weight is 431 g/mol. The molecule has 0 N–H and O–H groups in total. The van der Waals surface area contributed by atoms with Gasteiger partial charge in [-0.2, -0.15) is 0 Å². The number of carbonyl (C=O) groups excluding carboxylic acids is 3. The Morgan fingerprint density at radius 2 is 1.23 bits per heavy atom. The Balaban J connectivity index is 3.75. The first-order valence-electron chi connectivity index (χ1n) is 11.2. The quantitative estimate of drug-likeness (QED) is 0.244. The van der Waals surface area contributed by atoms with Crippen LogP contribution in [-0.2, 0) is 23.8 Å². The predicted molar refractivity (Wildman–Crippen MR) is 116 cm³/mol. The molecular weight excluding hydrogens is 388 g/mol. The van der Waals surface area contributed by atoms with Crippen molar-refractivity contribution in [3.8, 4) is 0 Å². The molecule has 2 amide bonds. The number of methoxy groups -OCH3 is 1. The van der Waals surface area contributed by atoms with Crippen molar-refractivity contribution in [3.05, 3.63) is 0 Å². The van der Waals surface area contributed by atoms with Gasteiger partial charge < -0.3 is 24.0 Å². The number of rotatable bonds is 18. The van der Waals surface area contributed by atoms with Crippen LogP contribution in [0.25, 0.3) is 0 Å². The van der Waals surface area contributed by atoms with Crippen molar-refractivity contribution in [1.82, 2.24) is 9.80 Å². The van der Waals surface area contributed by atoms with Crippen LogP contribution in [0.3, 0.4) is 0 Å². The van der Waals surface area contributed by atoms with Crippen LogP contribution < -0.4 is 0 Å². The van der Waals surface area contributed by atoms with Gasteiger partial charge >= 0.3 is 12.1 Å². The number of amides is 2. The maximum absolute atomic E-state index is 12.1. The lowest BCUT2D eigenvalue weighted by Gasteiger charge is -2.21. The Hall–Kier alpha value is -1.83. The van der Waals surface area contributed by atoms with Gasteiger partial charge in [0.15, 0.2) is 0 Å². The highest BCUT2D eigenvalue weighted by Crippen LogP contribution is 2.10. The van der Waals surface area contributed by atoms with Gasteiger partial charge in [0.25, 0.3) is 0 Å². The minimum Gasteiger partial charge on any atom is -0.464 e. The standard InChI is InChI=1S/C22H42N2O6/c1-5-6-7-8-9-10-11-12-13-14-15-29-21(26)19-23(2)20(25)18-24(3)22(27)30-17-16-28-4/h5-19H2,1-4H3. The molecule has 0 aromatic carbocycles. The van der Waals surface area contributed by atoms with Gasteiger partial charge in [0, 0.05) is 21.2 Å². The lowest BCUT2D eigenvalue weighted by molar-refractivity contribution is -0.148. The number of nitrogens with zero attached hydrogens (tertiary/aromatic N) is 2. The molecule has 0 bridgehead atoms. The zero-order valence-electron chi connectivity index (χ0n) is 19.5. The largest absolute Gasteiger partial charge is 0.464 e. The summed E-state index contributed by atoms with van der Waals surface area (Å²) < 4.78 is 14.9. The van der Waals surface area contributed by atoms with Crippen LogP contribution >= 0.6 is 0 Å². The molecule has 0 aromatic heterocycles. The highest BCUT2D eigenvalue weighted by molar-refractivity contribution is 5.85. The molecule has 0 fully saturated rings. The van der Waals surface area contributed by atoms with E-state index in [9.17, 15) is 14.4 Å². The van der Waals surface area contributed by atoms with Crippen LogP contribution in [0.2, 0.25) is 0 Å². The molecule has 0 saturated heterocycles. The number of carbonyl (C=O) groups is 3. The minimum absolute atomic E-state index is 0.120. The van der Waals surface area contributed by atoms with E-state index in [2.05, 4.69) is 6.92 Å². The van der Waals surface area contributed by atoms with Gasteiger partial charge in [-0.3, -0.25) is 9.59 Å². The summed E-state index contributed by atoms with van der Waals surface area (Å²) in [5.74, 6) is -0.802. The van der Waals surface area contributed by atoms with Gasteiger partial charge in [-0.15, -0.1) is 0 Å². The third kappa shape index (κ3) is 16.0. The Kier molecular flexibility index (Phi) is 18.0. The Morgan fingerprint density at radius 3 is 1.80 bits per heavy atom. The van der Waals surface area contributed by atoms with E-state index >= 15 is 0 Å². The second kappa shape index (κ2) is 19.2. The summed E-state index contributed by atoms with van der Waals surface area (Å²) in [6.07, 6.45) is 11.6. The molecule has 0 aliphatic rings. The summed E-state index contributed by atoms with van der Waals surface area (Å²) in [6.45, 7) is 2.71. The molecule has 0 aromatic rings.